The molecular weight excluding hydrogens is 266 g/mol. The molecule has 1 saturated carbocycles. The number of para-hydroxylation sites is 1. The molecule has 21 heavy (non-hydrogen) atoms. The standard InChI is InChI=1S/C16H21N3O2/c17-14(16(21)19(7-8-20)12-5-6-12)9-11-10-18-15-4-2-1-3-13(11)15/h1-4,10,12,14,18,20H,5-9,17H2/t14-/m0/s1. The molecule has 0 aliphatic heterocycles. The predicted octanol–water partition coefficient (Wildman–Crippen LogP) is 1.02. The monoisotopic (exact) mass is 287 g/mol. The average Bonchev–Trinajstić information content (AvgIpc) is 3.26. The SMILES string of the molecule is N[C@@H](Cc1c[nH]c2ccccc12)C(=O)N(CCO)C1CC1. The highest BCUT2D eigenvalue weighted by Crippen LogP contribution is 2.27. The summed E-state index contributed by atoms with van der Waals surface area (Å²) in [5.74, 6) is -0.0585. The first-order valence-corrected chi connectivity index (χ1v) is 7.42. The lowest BCUT2D eigenvalue weighted by Gasteiger charge is -2.24. The van der Waals surface area contributed by atoms with Crippen LogP contribution in [-0.2, 0) is 11.2 Å². The van der Waals surface area contributed by atoms with Gasteiger partial charge in [-0.05, 0) is 30.9 Å². The predicted molar refractivity (Wildman–Crippen MR) is 81.8 cm³/mol. The first-order chi connectivity index (χ1) is 10.2. The minimum absolute atomic E-state index is 0.0119. The number of carbonyl (C=O) groups is 1. The van der Waals surface area contributed by atoms with Crippen LogP contribution in [0.15, 0.2) is 30.5 Å². The fourth-order valence-electron chi connectivity index (χ4n) is 2.80. The van der Waals surface area contributed by atoms with Crippen molar-refractivity contribution < 1.29 is 9.90 Å². The lowest BCUT2D eigenvalue weighted by atomic mass is 10.0. The number of fused-ring (bicyclic) bond motifs is 1. The van der Waals surface area contributed by atoms with E-state index in [2.05, 4.69) is 4.98 Å². The summed E-state index contributed by atoms with van der Waals surface area (Å²) in [6, 6.07) is 7.72. The molecule has 4 N–H and O–H groups in total. The van der Waals surface area contributed by atoms with Gasteiger partial charge in [0.25, 0.3) is 0 Å². The zero-order chi connectivity index (χ0) is 14.8. The van der Waals surface area contributed by atoms with Crippen LogP contribution in [0.3, 0.4) is 0 Å². The summed E-state index contributed by atoms with van der Waals surface area (Å²) in [7, 11) is 0. The van der Waals surface area contributed by atoms with Gasteiger partial charge in [0.05, 0.1) is 12.6 Å². The normalized spacial score (nSPS) is 16.1. The van der Waals surface area contributed by atoms with Gasteiger partial charge in [0.15, 0.2) is 0 Å². The molecule has 0 bridgehead atoms. The Morgan fingerprint density at radius 1 is 1.43 bits per heavy atom. The van der Waals surface area contributed by atoms with Gasteiger partial charge in [-0.3, -0.25) is 4.79 Å². The number of aliphatic hydroxyl groups is 1. The first-order valence-electron chi connectivity index (χ1n) is 7.42. The summed E-state index contributed by atoms with van der Waals surface area (Å²) in [5, 5.41) is 10.2. The second-order valence-corrected chi connectivity index (χ2v) is 5.66. The third kappa shape index (κ3) is 2.94. The van der Waals surface area contributed by atoms with E-state index in [0.29, 0.717) is 13.0 Å². The highest BCUT2D eigenvalue weighted by molar-refractivity contribution is 5.86. The molecule has 1 atom stereocenters. The van der Waals surface area contributed by atoms with Crippen molar-refractivity contribution in [3.05, 3.63) is 36.0 Å². The number of aromatic nitrogens is 1. The van der Waals surface area contributed by atoms with Crippen molar-refractivity contribution in [2.75, 3.05) is 13.2 Å². The van der Waals surface area contributed by atoms with Crippen LogP contribution in [0.4, 0.5) is 0 Å². The Morgan fingerprint density at radius 3 is 2.90 bits per heavy atom. The highest BCUT2D eigenvalue weighted by Gasteiger charge is 2.34. The Bertz CT molecular complexity index is 633. The van der Waals surface area contributed by atoms with Gasteiger partial charge in [0.2, 0.25) is 5.91 Å². The summed E-state index contributed by atoms with van der Waals surface area (Å²) in [4.78, 5) is 17.4. The van der Waals surface area contributed by atoms with Crippen LogP contribution in [0.1, 0.15) is 18.4 Å². The summed E-state index contributed by atoms with van der Waals surface area (Å²) >= 11 is 0. The minimum Gasteiger partial charge on any atom is -0.395 e. The second-order valence-electron chi connectivity index (χ2n) is 5.66. The lowest BCUT2D eigenvalue weighted by molar-refractivity contribution is -0.133. The fourth-order valence-corrected chi connectivity index (χ4v) is 2.80. The zero-order valence-electron chi connectivity index (χ0n) is 12.0. The molecule has 3 rings (SSSR count). The van der Waals surface area contributed by atoms with Crippen molar-refractivity contribution >= 4 is 16.8 Å². The molecule has 1 aliphatic rings. The van der Waals surface area contributed by atoms with Gasteiger partial charge in [0.1, 0.15) is 0 Å². The van der Waals surface area contributed by atoms with E-state index in [0.717, 1.165) is 29.3 Å². The number of H-pyrrole nitrogens is 1. The molecule has 1 aromatic carbocycles. The lowest BCUT2D eigenvalue weighted by Crippen LogP contribution is -2.47. The van der Waals surface area contributed by atoms with Crippen molar-refractivity contribution in [3.63, 3.8) is 0 Å². The molecule has 0 saturated heterocycles. The first kappa shape index (κ1) is 14.1. The minimum atomic E-state index is -0.559. The summed E-state index contributed by atoms with van der Waals surface area (Å²) in [5.41, 5.74) is 8.23. The number of hydrogen-bond acceptors (Lipinski definition) is 3. The Labute approximate surface area is 123 Å². The highest BCUT2D eigenvalue weighted by atomic mass is 16.3. The van der Waals surface area contributed by atoms with E-state index in [1.165, 1.54) is 0 Å². The molecule has 1 fully saturated rings. The van der Waals surface area contributed by atoms with E-state index >= 15 is 0 Å². The maximum Gasteiger partial charge on any atom is 0.240 e. The Hall–Kier alpha value is -1.85. The molecule has 1 heterocycles. The molecule has 5 heteroatoms. The van der Waals surface area contributed by atoms with Gasteiger partial charge in [-0.15, -0.1) is 0 Å². The molecule has 1 amide bonds. The topological polar surface area (TPSA) is 82.4 Å². The summed E-state index contributed by atoms with van der Waals surface area (Å²) in [6.07, 6.45) is 4.47. The number of nitrogens with zero attached hydrogens (tertiary/aromatic N) is 1. The molecule has 5 nitrogen and oxygen atoms in total. The van der Waals surface area contributed by atoms with Gasteiger partial charge >= 0.3 is 0 Å². The van der Waals surface area contributed by atoms with Gasteiger partial charge in [-0.2, -0.15) is 0 Å². The van der Waals surface area contributed by atoms with Gasteiger partial charge in [0, 0.05) is 29.7 Å². The fraction of sp³-hybridized carbons (Fsp3) is 0.438. The van der Waals surface area contributed by atoms with Crippen LogP contribution in [0, 0.1) is 0 Å². The molecule has 0 radical (unpaired) electrons. The quantitative estimate of drug-likeness (QED) is 0.742. The van der Waals surface area contributed by atoms with E-state index in [9.17, 15) is 4.79 Å². The van der Waals surface area contributed by atoms with Crippen LogP contribution >= 0.6 is 0 Å². The van der Waals surface area contributed by atoms with Crippen molar-refractivity contribution in [1.82, 2.24) is 9.88 Å². The Balaban J connectivity index is 1.73. The van der Waals surface area contributed by atoms with Crippen LogP contribution in [0.5, 0.6) is 0 Å². The molecule has 2 aromatic rings. The number of nitrogens with one attached hydrogen (secondary N) is 1. The summed E-state index contributed by atoms with van der Waals surface area (Å²) in [6.45, 7) is 0.368. The number of amides is 1. The van der Waals surface area contributed by atoms with E-state index in [1.54, 1.807) is 4.90 Å². The van der Waals surface area contributed by atoms with Crippen molar-refractivity contribution in [1.29, 1.82) is 0 Å². The molecule has 0 unspecified atom stereocenters. The molecule has 0 spiro atoms. The largest absolute Gasteiger partial charge is 0.395 e. The van der Waals surface area contributed by atoms with Gasteiger partial charge < -0.3 is 20.7 Å². The number of nitrogens with two attached hydrogens (primary N) is 1. The maximum atomic E-state index is 12.5. The zero-order valence-corrected chi connectivity index (χ0v) is 12.0. The summed E-state index contributed by atoms with van der Waals surface area (Å²) < 4.78 is 0. The van der Waals surface area contributed by atoms with Crippen molar-refractivity contribution in [2.45, 2.75) is 31.3 Å². The van der Waals surface area contributed by atoms with Crippen LogP contribution < -0.4 is 5.73 Å². The van der Waals surface area contributed by atoms with Gasteiger partial charge in [-0.25, -0.2) is 0 Å². The van der Waals surface area contributed by atoms with Gasteiger partial charge in [-0.1, -0.05) is 18.2 Å². The Morgan fingerprint density at radius 2 is 2.19 bits per heavy atom. The number of benzene rings is 1. The third-order valence-corrected chi connectivity index (χ3v) is 4.04. The van der Waals surface area contributed by atoms with Crippen molar-refractivity contribution in [3.8, 4) is 0 Å². The number of carbonyl (C=O) groups excluding carboxylic acids is 1. The number of rotatable bonds is 6. The molecule has 1 aromatic heterocycles. The molecule has 1 aliphatic carbocycles. The Kier molecular flexibility index (Phi) is 3.94. The van der Waals surface area contributed by atoms with E-state index < -0.39 is 6.04 Å². The van der Waals surface area contributed by atoms with Crippen LogP contribution in [0.25, 0.3) is 10.9 Å². The maximum absolute atomic E-state index is 12.5. The van der Waals surface area contributed by atoms with E-state index in [4.69, 9.17) is 10.8 Å². The molecule has 112 valence electrons. The number of aliphatic hydroxyl groups excluding tert-OH is 1. The molecular formula is C16H21N3O2. The van der Waals surface area contributed by atoms with Crippen LogP contribution in [0.2, 0.25) is 0 Å². The van der Waals surface area contributed by atoms with Crippen molar-refractivity contribution in [2.24, 2.45) is 5.73 Å². The average molecular weight is 287 g/mol. The smallest absolute Gasteiger partial charge is 0.240 e. The van der Waals surface area contributed by atoms with Crippen LogP contribution in [-0.4, -0.2) is 46.1 Å². The third-order valence-electron chi connectivity index (χ3n) is 4.04. The van der Waals surface area contributed by atoms with E-state index in [-0.39, 0.29) is 18.6 Å². The second kappa shape index (κ2) is 5.87. The number of aromatic amines is 1. The number of hydrogen-bond donors (Lipinski definition) is 3. The van der Waals surface area contributed by atoms with E-state index in [1.807, 2.05) is 30.5 Å².